The first-order valence-corrected chi connectivity index (χ1v) is 6.54. The Kier molecular flexibility index (Phi) is 3.06. The summed E-state index contributed by atoms with van der Waals surface area (Å²) in [5.74, 6) is -0.107. The van der Waals surface area contributed by atoms with Crippen LogP contribution in [0.2, 0.25) is 0 Å². The van der Waals surface area contributed by atoms with E-state index in [2.05, 4.69) is 21.2 Å². The Hall–Kier alpha value is -0.170. The first kappa shape index (κ1) is 10.4. The number of halogens is 1. The van der Waals surface area contributed by atoms with Gasteiger partial charge in [-0.25, -0.2) is 0 Å². The highest BCUT2D eigenvalue weighted by molar-refractivity contribution is 9.10. The van der Waals surface area contributed by atoms with E-state index in [1.165, 1.54) is 11.8 Å². The van der Waals surface area contributed by atoms with E-state index in [0.29, 0.717) is 9.23 Å². The van der Waals surface area contributed by atoms with Gasteiger partial charge in [-0.2, -0.15) is 0 Å². The molecule has 14 heavy (non-hydrogen) atoms. The molecule has 1 aromatic heterocycles. The van der Waals surface area contributed by atoms with Crippen LogP contribution in [0.25, 0.3) is 6.08 Å². The second-order valence-electron chi connectivity index (χ2n) is 2.52. The molecular formula is C8H4BrNOS3. The topological polar surface area (TPSA) is 29.1 Å². The predicted octanol–water partition coefficient (Wildman–Crippen LogP) is 3.00. The highest BCUT2D eigenvalue weighted by atomic mass is 79.9. The summed E-state index contributed by atoms with van der Waals surface area (Å²) >= 11 is 11.1. The molecule has 1 aliphatic rings. The zero-order chi connectivity index (χ0) is 10.1. The van der Waals surface area contributed by atoms with Crippen LogP contribution in [0.5, 0.6) is 0 Å². The first-order valence-electron chi connectivity index (χ1n) is 3.64. The fraction of sp³-hybridized carbons (Fsp3) is 0. The zero-order valence-corrected chi connectivity index (χ0v) is 10.8. The molecule has 0 atom stereocenters. The van der Waals surface area contributed by atoms with Crippen LogP contribution in [0.1, 0.15) is 4.88 Å². The predicted molar refractivity (Wildman–Crippen MR) is 68.3 cm³/mol. The molecule has 6 heteroatoms. The van der Waals surface area contributed by atoms with Gasteiger partial charge in [0.1, 0.15) is 4.32 Å². The molecule has 1 amide bonds. The molecular weight excluding hydrogens is 302 g/mol. The number of rotatable bonds is 1. The van der Waals surface area contributed by atoms with Crippen molar-refractivity contribution in [2.45, 2.75) is 0 Å². The Bertz CT molecular complexity index is 438. The average Bonchev–Trinajstić information content (AvgIpc) is 2.61. The SMILES string of the molecule is O=C1NC(=S)S/C1=C/c1cc(Br)cs1. The smallest absolute Gasteiger partial charge is 0.263 e. The molecule has 0 unspecified atom stereocenters. The number of thioether (sulfide) groups is 1. The van der Waals surface area contributed by atoms with Crippen molar-refractivity contribution in [1.82, 2.24) is 5.32 Å². The molecule has 1 aliphatic heterocycles. The maximum atomic E-state index is 11.3. The average molecular weight is 306 g/mol. The second-order valence-corrected chi connectivity index (χ2v) is 6.10. The van der Waals surface area contributed by atoms with Gasteiger partial charge in [-0.1, -0.05) is 24.0 Å². The third-order valence-corrected chi connectivity index (χ3v) is 4.31. The molecule has 0 radical (unpaired) electrons. The number of hydrogen-bond donors (Lipinski definition) is 1. The summed E-state index contributed by atoms with van der Waals surface area (Å²) in [5, 5.41) is 4.55. The number of thiophene rings is 1. The number of nitrogens with one attached hydrogen (secondary N) is 1. The fourth-order valence-corrected chi connectivity index (χ4v) is 3.44. The van der Waals surface area contributed by atoms with Crippen LogP contribution < -0.4 is 5.32 Å². The van der Waals surface area contributed by atoms with Gasteiger partial charge in [-0.3, -0.25) is 4.79 Å². The van der Waals surface area contributed by atoms with E-state index in [1.54, 1.807) is 11.3 Å². The van der Waals surface area contributed by atoms with E-state index in [1.807, 2.05) is 17.5 Å². The molecule has 2 nitrogen and oxygen atoms in total. The lowest BCUT2D eigenvalue weighted by Crippen LogP contribution is -2.17. The Labute approximate surface area is 103 Å². The summed E-state index contributed by atoms with van der Waals surface area (Å²) < 4.78 is 1.55. The molecule has 0 saturated carbocycles. The minimum absolute atomic E-state index is 0.107. The van der Waals surface area contributed by atoms with Crippen LogP contribution >= 0.6 is 51.2 Å². The van der Waals surface area contributed by atoms with E-state index in [9.17, 15) is 4.79 Å². The van der Waals surface area contributed by atoms with Crippen molar-refractivity contribution >= 4 is 67.6 Å². The number of carbonyl (C=O) groups is 1. The Morgan fingerprint density at radius 2 is 2.36 bits per heavy atom. The van der Waals surface area contributed by atoms with Gasteiger partial charge in [0.25, 0.3) is 5.91 Å². The summed E-state index contributed by atoms with van der Waals surface area (Å²) in [6.07, 6.45) is 1.84. The Morgan fingerprint density at radius 3 is 2.86 bits per heavy atom. The third kappa shape index (κ3) is 2.25. The summed E-state index contributed by atoms with van der Waals surface area (Å²) in [6, 6.07) is 1.97. The van der Waals surface area contributed by atoms with Crippen LogP contribution in [0, 0.1) is 0 Å². The van der Waals surface area contributed by atoms with Crippen molar-refractivity contribution in [2.75, 3.05) is 0 Å². The lowest BCUT2D eigenvalue weighted by Gasteiger charge is -1.88. The minimum atomic E-state index is -0.107. The maximum Gasteiger partial charge on any atom is 0.263 e. The number of thiocarbonyl (C=S) groups is 1. The molecule has 1 N–H and O–H groups in total. The minimum Gasteiger partial charge on any atom is -0.307 e. The first-order chi connectivity index (χ1) is 6.65. The van der Waals surface area contributed by atoms with Crippen molar-refractivity contribution in [3.63, 3.8) is 0 Å². The second kappa shape index (κ2) is 4.14. The van der Waals surface area contributed by atoms with Gasteiger partial charge in [0.2, 0.25) is 0 Å². The van der Waals surface area contributed by atoms with Crippen molar-refractivity contribution in [3.05, 3.63) is 25.7 Å². The number of hydrogen-bond acceptors (Lipinski definition) is 4. The quantitative estimate of drug-likeness (QED) is 0.639. The van der Waals surface area contributed by atoms with Crippen LogP contribution in [0.3, 0.4) is 0 Å². The summed E-state index contributed by atoms with van der Waals surface area (Å²) in [5.41, 5.74) is 0. The molecule has 72 valence electrons. The molecule has 1 aromatic rings. The van der Waals surface area contributed by atoms with Gasteiger partial charge in [-0.05, 0) is 28.1 Å². The molecule has 0 aromatic carbocycles. The summed E-state index contributed by atoms with van der Waals surface area (Å²) in [7, 11) is 0. The highest BCUT2D eigenvalue weighted by Gasteiger charge is 2.21. The van der Waals surface area contributed by atoms with Gasteiger partial charge >= 0.3 is 0 Å². The van der Waals surface area contributed by atoms with Crippen LogP contribution in [0.15, 0.2) is 20.8 Å². The van der Waals surface area contributed by atoms with Crippen molar-refractivity contribution in [1.29, 1.82) is 0 Å². The Balaban J connectivity index is 2.27. The molecule has 1 saturated heterocycles. The van der Waals surface area contributed by atoms with Crippen LogP contribution in [0.4, 0.5) is 0 Å². The maximum absolute atomic E-state index is 11.3. The fourth-order valence-electron chi connectivity index (χ4n) is 0.954. The van der Waals surface area contributed by atoms with E-state index < -0.39 is 0 Å². The monoisotopic (exact) mass is 305 g/mol. The van der Waals surface area contributed by atoms with Gasteiger partial charge in [-0.15, -0.1) is 11.3 Å². The van der Waals surface area contributed by atoms with Gasteiger partial charge in [0, 0.05) is 14.7 Å². The third-order valence-electron chi connectivity index (χ3n) is 1.50. The number of carbonyl (C=O) groups excluding carboxylic acids is 1. The lowest BCUT2D eigenvalue weighted by molar-refractivity contribution is -0.115. The van der Waals surface area contributed by atoms with Crippen LogP contribution in [-0.4, -0.2) is 10.2 Å². The van der Waals surface area contributed by atoms with E-state index >= 15 is 0 Å². The van der Waals surface area contributed by atoms with E-state index in [-0.39, 0.29) is 5.91 Å². The largest absolute Gasteiger partial charge is 0.307 e. The number of amides is 1. The van der Waals surface area contributed by atoms with Gasteiger partial charge in [0.15, 0.2) is 0 Å². The molecule has 2 heterocycles. The summed E-state index contributed by atoms with van der Waals surface area (Å²) in [6.45, 7) is 0. The van der Waals surface area contributed by atoms with Gasteiger partial charge in [0.05, 0.1) is 4.91 Å². The highest BCUT2D eigenvalue weighted by Crippen LogP contribution is 2.29. The molecule has 0 bridgehead atoms. The Morgan fingerprint density at radius 1 is 1.57 bits per heavy atom. The zero-order valence-electron chi connectivity index (χ0n) is 6.74. The normalized spacial score (nSPS) is 19.1. The van der Waals surface area contributed by atoms with E-state index in [0.717, 1.165) is 9.35 Å². The molecule has 0 aliphatic carbocycles. The molecule has 1 fully saturated rings. The molecule has 2 rings (SSSR count). The standard InChI is InChI=1S/C8H4BrNOS3/c9-4-1-5(13-3-4)2-6-7(11)10-8(12)14-6/h1-3H,(H,10,11,12)/b6-2+. The van der Waals surface area contributed by atoms with Gasteiger partial charge < -0.3 is 5.32 Å². The van der Waals surface area contributed by atoms with Crippen molar-refractivity contribution < 1.29 is 4.79 Å². The van der Waals surface area contributed by atoms with Crippen molar-refractivity contribution in [3.8, 4) is 0 Å². The van der Waals surface area contributed by atoms with Crippen LogP contribution in [-0.2, 0) is 4.79 Å². The summed E-state index contributed by atoms with van der Waals surface area (Å²) in [4.78, 5) is 13.0. The lowest BCUT2D eigenvalue weighted by atomic mass is 10.4. The molecule has 0 spiro atoms. The van der Waals surface area contributed by atoms with Crippen molar-refractivity contribution in [2.24, 2.45) is 0 Å². The van der Waals surface area contributed by atoms with E-state index in [4.69, 9.17) is 12.2 Å².